The highest BCUT2D eigenvalue weighted by atomic mass is 16.5. The Bertz CT molecular complexity index is 372. The summed E-state index contributed by atoms with van der Waals surface area (Å²) in [6.07, 6.45) is 1.62. The van der Waals surface area contributed by atoms with Gasteiger partial charge in [-0.25, -0.2) is 0 Å². The van der Waals surface area contributed by atoms with Crippen molar-refractivity contribution in [2.75, 3.05) is 19.7 Å². The van der Waals surface area contributed by atoms with E-state index in [2.05, 4.69) is 0 Å². The molecular formula is C15H28N2O3. The predicted molar refractivity (Wildman–Crippen MR) is 78.0 cm³/mol. The van der Waals surface area contributed by atoms with E-state index in [0.29, 0.717) is 19.7 Å². The fourth-order valence-electron chi connectivity index (χ4n) is 2.28. The summed E-state index contributed by atoms with van der Waals surface area (Å²) in [5.74, 6) is -0.391. The first kappa shape index (κ1) is 17.0. The molecule has 0 radical (unpaired) electrons. The van der Waals surface area contributed by atoms with Gasteiger partial charge in [0.25, 0.3) is 0 Å². The van der Waals surface area contributed by atoms with E-state index in [-0.39, 0.29) is 17.8 Å². The summed E-state index contributed by atoms with van der Waals surface area (Å²) in [6.45, 7) is 10.8. The fourth-order valence-corrected chi connectivity index (χ4v) is 2.28. The first-order valence-corrected chi connectivity index (χ1v) is 7.36. The smallest absolute Gasteiger partial charge is 0.310 e. The second-order valence-electron chi connectivity index (χ2n) is 6.69. The maximum Gasteiger partial charge on any atom is 0.310 e. The number of rotatable bonds is 4. The second kappa shape index (κ2) is 6.12. The summed E-state index contributed by atoms with van der Waals surface area (Å²) in [6, 6.07) is 0. The van der Waals surface area contributed by atoms with Crippen LogP contribution in [-0.4, -0.2) is 42.0 Å². The first-order chi connectivity index (χ1) is 9.11. The Morgan fingerprint density at radius 2 is 1.90 bits per heavy atom. The number of likely N-dealkylation sites (tertiary alicyclic amines) is 1. The largest absolute Gasteiger partial charge is 0.466 e. The Balaban J connectivity index is 2.77. The van der Waals surface area contributed by atoms with Crippen molar-refractivity contribution < 1.29 is 14.3 Å². The van der Waals surface area contributed by atoms with E-state index in [1.165, 1.54) is 0 Å². The van der Waals surface area contributed by atoms with Gasteiger partial charge in [0.1, 0.15) is 0 Å². The number of hydrogen-bond donors (Lipinski definition) is 1. The molecule has 5 heteroatoms. The second-order valence-corrected chi connectivity index (χ2v) is 6.69. The van der Waals surface area contributed by atoms with Crippen molar-refractivity contribution in [3.63, 3.8) is 0 Å². The van der Waals surface area contributed by atoms with Gasteiger partial charge in [0.2, 0.25) is 5.91 Å². The van der Waals surface area contributed by atoms with E-state index in [1.54, 1.807) is 11.8 Å². The number of ether oxygens (including phenoxy) is 1. The Kier molecular flexibility index (Phi) is 5.19. The Hall–Kier alpha value is -1.10. The van der Waals surface area contributed by atoms with Crippen molar-refractivity contribution in [3.05, 3.63) is 0 Å². The van der Waals surface area contributed by atoms with E-state index in [9.17, 15) is 9.59 Å². The summed E-state index contributed by atoms with van der Waals surface area (Å²) in [4.78, 5) is 26.3. The molecule has 0 bridgehead atoms. The number of amides is 1. The van der Waals surface area contributed by atoms with Gasteiger partial charge in [-0.05, 0) is 47.5 Å². The van der Waals surface area contributed by atoms with Crippen LogP contribution in [0.1, 0.15) is 47.5 Å². The van der Waals surface area contributed by atoms with Crippen LogP contribution >= 0.6 is 0 Å². The van der Waals surface area contributed by atoms with Crippen LogP contribution in [0.5, 0.6) is 0 Å². The van der Waals surface area contributed by atoms with E-state index < -0.39 is 11.0 Å². The molecule has 1 fully saturated rings. The topological polar surface area (TPSA) is 72.6 Å². The lowest BCUT2D eigenvalue weighted by atomic mass is 9.73. The molecule has 1 amide bonds. The minimum Gasteiger partial charge on any atom is -0.466 e. The molecule has 0 aromatic heterocycles. The zero-order valence-electron chi connectivity index (χ0n) is 13.4. The number of carbonyl (C=O) groups is 2. The van der Waals surface area contributed by atoms with Crippen LogP contribution in [0.15, 0.2) is 0 Å². The molecule has 0 aliphatic carbocycles. The van der Waals surface area contributed by atoms with Crippen LogP contribution in [0.4, 0.5) is 0 Å². The zero-order chi connectivity index (χ0) is 15.6. The van der Waals surface area contributed by atoms with E-state index in [1.807, 2.05) is 27.7 Å². The molecule has 1 aliphatic heterocycles. The summed E-state index contributed by atoms with van der Waals surface area (Å²) >= 11 is 0. The molecule has 1 atom stereocenters. The van der Waals surface area contributed by atoms with Crippen molar-refractivity contribution in [1.29, 1.82) is 0 Å². The number of hydrogen-bond acceptors (Lipinski definition) is 4. The van der Waals surface area contributed by atoms with Gasteiger partial charge in [-0.3, -0.25) is 9.59 Å². The Labute approximate surface area is 121 Å². The maximum absolute atomic E-state index is 12.7. The molecule has 1 aliphatic rings. The van der Waals surface area contributed by atoms with Gasteiger partial charge < -0.3 is 15.4 Å². The SMILES string of the molecule is CCOC(=O)C1CCCN(C(=O)C(C)(C)C(C)(C)N)C1. The molecule has 0 saturated carbocycles. The zero-order valence-corrected chi connectivity index (χ0v) is 13.4. The molecule has 1 rings (SSSR count). The fraction of sp³-hybridized carbons (Fsp3) is 0.867. The van der Waals surface area contributed by atoms with E-state index in [0.717, 1.165) is 12.8 Å². The van der Waals surface area contributed by atoms with Crippen molar-refractivity contribution in [3.8, 4) is 0 Å². The van der Waals surface area contributed by atoms with Crippen molar-refractivity contribution >= 4 is 11.9 Å². The van der Waals surface area contributed by atoms with Crippen LogP contribution in [0, 0.1) is 11.3 Å². The van der Waals surface area contributed by atoms with Crippen LogP contribution in [-0.2, 0) is 14.3 Å². The highest BCUT2D eigenvalue weighted by Crippen LogP contribution is 2.32. The standard InChI is InChI=1S/C15H28N2O3/c1-6-20-12(18)11-8-7-9-17(10-11)13(19)14(2,3)15(4,5)16/h11H,6-10,16H2,1-5H3. The summed E-state index contributed by atoms with van der Waals surface area (Å²) < 4.78 is 5.06. The highest BCUT2D eigenvalue weighted by Gasteiger charge is 2.44. The molecular weight excluding hydrogens is 256 g/mol. The van der Waals surface area contributed by atoms with Gasteiger partial charge in [-0.15, -0.1) is 0 Å². The third-order valence-corrected chi connectivity index (χ3v) is 4.47. The minimum atomic E-state index is -0.663. The third-order valence-electron chi connectivity index (χ3n) is 4.47. The summed E-state index contributed by atoms with van der Waals surface area (Å²) in [5, 5.41) is 0. The quantitative estimate of drug-likeness (QED) is 0.795. The van der Waals surface area contributed by atoms with Crippen LogP contribution in [0.3, 0.4) is 0 Å². The monoisotopic (exact) mass is 284 g/mol. The molecule has 0 aromatic carbocycles. The summed E-state index contributed by atoms with van der Waals surface area (Å²) in [7, 11) is 0. The lowest BCUT2D eigenvalue weighted by Gasteiger charge is -2.42. The molecule has 0 spiro atoms. The highest BCUT2D eigenvalue weighted by molar-refractivity contribution is 5.84. The van der Waals surface area contributed by atoms with Gasteiger partial charge in [0.05, 0.1) is 17.9 Å². The maximum atomic E-state index is 12.7. The Morgan fingerprint density at radius 1 is 1.30 bits per heavy atom. The number of esters is 1. The van der Waals surface area contributed by atoms with Crippen molar-refractivity contribution in [2.24, 2.45) is 17.1 Å². The normalized spacial score (nSPS) is 20.7. The minimum absolute atomic E-state index is 0.0130. The number of piperidine rings is 1. The lowest BCUT2D eigenvalue weighted by molar-refractivity contribution is -0.154. The Morgan fingerprint density at radius 3 is 2.40 bits per heavy atom. The number of nitrogens with zero attached hydrogens (tertiary/aromatic N) is 1. The third kappa shape index (κ3) is 3.51. The van der Waals surface area contributed by atoms with Crippen LogP contribution in [0.25, 0.3) is 0 Å². The van der Waals surface area contributed by atoms with Gasteiger partial charge >= 0.3 is 5.97 Å². The lowest BCUT2D eigenvalue weighted by Crippen LogP contribution is -2.58. The molecule has 5 nitrogen and oxygen atoms in total. The van der Waals surface area contributed by atoms with Crippen molar-refractivity contribution in [2.45, 2.75) is 53.0 Å². The molecule has 0 aromatic rings. The summed E-state index contributed by atoms with van der Waals surface area (Å²) in [5.41, 5.74) is 4.85. The van der Waals surface area contributed by atoms with E-state index in [4.69, 9.17) is 10.5 Å². The number of carbonyl (C=O) groups excluding carboxylic acids is 2. The molecule has 116 valence electrons. The van der Waals surface area contributed by atoms with E-state index >= 15 is 0 Å². The number of nitrogens with two attached hydrogens (primary N) is 1. The molecule has 1 heterocycles. The molecule has 1 unspecified atom stereocenters. The van der Waals surface area contributed by atoms with Crippen LogP contribution in [0.2, 0.25) is 0 Å². The average molecular weight is 284 g/mol. The van der Waals surface area contributed by atoms with Gasteiger partial charge in [-0.2, -0.15) is 0 Å². The average Bonchev–Trinajstić information content (AvgIpc) is 2.37. The van der Waals surface area contributed by atoms with Gasteiger partial charge in [0, 0.05) is 18.6 Å². The van der Waals surface area contributed by atoms with Gasteiger partial charge in [0.15, 0.2) is 0 Å². The van der Waals surface area contributed by atoms with Gasteiger partial charge in [-0.1, -0.05) is 0 Å². The molecule has 20 heavy (non-hydrogen) atoms. The first-order valence-electron chi connectivity index (χ1n) is 7.36. The predicted octanol–water partition coefficient (Wildman–Crippen LogP) is 1.55. The molecule has 2 N–H and O–H groups in total. The van der Waals surface area contributed by atoms with Crippen molar-refractivity contribution in [1.82, 2.24) is 4.90 Å². The molecule has 1 saturated heterocycles. The van der Waals surface area contributed by atoms with Crippen LogP contribution < -0.4 is 5.73 Å².